The lowest BCUT2D eigenvalue weighted by molar-refractivity contribution is 0.948. The Morgan fingerprint density at radius 1 is 1.29 bits per heavy atom. The number of benzene rings is 1. The molecule has 0 atom stereocenters. The number of nitrogens with two attached hydrogens (primary N) is 3. The molecule has 0 radical (unpaired) electrons. The lowest BCUT2D eigenvalue weighted by Gasteiger charge is -2.17. The molecule has 0 aliphatic carbocycles. The number of hydrazine groups is 1. The van der Waals surface area contributed by atoms with Gasteiger partial charge in [0.1, 0.15) is 0 Å². The normalized spacial score (nSPS) is 10.7. The molecule has 0 aliphatic rings. The Labute approximate surface area is 84.0 Å². The number of para-hydroxylation sites is 1. The van der Waals surface area contributed by atoms with E-state index in [9.17, 15) is 0 Å². The van der Waals surface area contributed by atoms with Gasteiger partial charge in [-0.15, -0.1) is 0 Å². The van der Waals surface area contributed by atoms with Gasteiger partial charge in [-0.1, -0.05) is 18.2 Å². The maximum Gasteiger partial charge on any atom is 0.0601 e. The first kappa shape index (κ1) is 10.6. The molecule has 0 unspecified atom stereocenters. The molecule has 1 rings (SSSR count). The van der Waals surface area contributed by atoms with Crippen LogP contribution in [-0.4, -0.2) is 6.54 Å². The van der Waals surface area contributed by atoms with Gasteiger partial charge >= 0.3 is 0 Å². The number of nitrogens with zero attached hydrogens (tertiary/aromatic N) is 1. The summed E-state index contributed by atoms with van der Waals surface area (Å²) in [5.41, 5.74) is 12.8. The van der Waals surface area contributed by atoms with Crippen molar-refractivity contribution in [3.8, 4) is 0 Å². The molecule has 0 bridgehead atoms. The van der Waals surface area contributed by atoms with Crippen molar-refractivity contribution in [2.24, 2.45) is 17.3 Å². The van der Waals surface area contributed by atoms with Gasteiger partial charge in [-0.25, -0.2) is 5.84 Å². The molecule has 0 aromatic heterocycles. The third-order valence-corrected chi connectivity index (χ3v) is 1.93. The fourth-order valence-corrected chi connectivity index (χ4v) is 1.30. The summed E-state index contributed by atoms with van der Waals surface area (Å²) in [6.45, 7) is 0.608. The van der Waals surface area contributed by atoms with Gasteiger partial charge in [0.05, 0.1) is 5.69 Å². The van der Waals surface area contributed by atoms with Crippen LogP contribution in [0.1, 0.15) is 5.56 Å². The average Bonchev–Trinajstić information content (AvgIpc) is 2.19. The summed E-state index contributed by atoms with van der Waals surface area (Å²) in [5, 5.41) is 1.49. The van der Waals surface area contributed by atoms with Crippen LogP contribution in [0.2, 0.25) is 0 Å². The first-order chi connectivity index (χ1) is 6.79. The number of hydrogen-bond donors (Lipinski definition) is 3. The van der Waals surface area contributed by atoms with E-state index in [0.717, 1.165) is 17.7 Å². The van der Waals surface area contributed by atoms with Crippen LogP contribution in [0, 0.1) is 0 Å². The number of anilines is 1. The van der Waals surface area contributed by atoms with E-state index in [1.807, 2.05) is 24.3 Å². The molecule has 0 heterocycles. The Morgan fingerprint density at radius 2 is 2.00 bits per heavy atom. The molecule has 76 valence electrons. The monoisotopic (exact) mass is 192 g/mol. The SMILES string of the molecule is N/C=C\N(N)c1ccccc1CCN. The Hall–Kier alpha value is -1.52. The maximum atomic E-state index is 5.76. The van der Waals surface area contributed by atoms with Crippen molar-refractivity contribution < 1.29 is 0 Å². The summed E-state index contributed by atoms with van der Waals surface area (Å²) < 4.78 is 0. The quantitative estimate of drug-likeness (QED) is 0.473. The first-order valence-corrected chi connectivity index (χ1v) is 4.50. The van der Waals surface area contributed by atoms with E-state index in [4.69, 9.17) is 17.3 Å². The molecule has 1 aromatic carbocycles. The average molecular weight is 192 g/mol. The van der Waals surface area contributed by atoms with Gasteiger partial charge < -0.3 is 11.5 Å². The summed E-state index contributed by atoms with van der Waals surface area (Å²) in [7, 11) is 0. The topological polar surface area (TPSA) is 81.3 Å². The van der Waals surface area contributed by atoms with E-state index in [2.05, 4.69) is 0 Å². The van der Waals surface area contributed by atoms with Crippen molar-refractivity contribution in [2.45, 2.75) is 6.42 Å². The van der Waals surface area contributed by atoms with Crippen LogP contribution in [0.15, 0.2) is 36.7 Å². The predicted molar refractivity (Wildman–Crippen MR) is 59.2 cm³/mol. The fraction of sp³-hybridized carbons (Fsp3) is 0.200. The third-order valence-electron chi connectivity index (χ3n) is 1.93. The number of hydrogen-bond acceptors (Lipinski definition) is 4. The lowest BCUT2D eigenvalue weighted by atomic mass is 10.1. The smallest absolute Gasteiger partial charge is 0.0601 e. The van der Waals surface area contributed by atoms with Crippen LogP contribution in [0.3, 0.4) is 0 Å². The van der Waals surface area contributed by atoms with Crippen molar-refractivity contribution in [1.29, 1.82) is 0 Å². The van der Waals surface area contributed by atoms with Crippen LogP contribution in [0.25, 0.3) is 0 Å². The van der Waals surface area contributed by atoms with Crippen molar-refractivity contribution in [3.63, 3.8) is 0 Å². The van der Waals surface area contributed by atoms with Gasteiger partial charge in [-0.05, 0) is 24.6 Å². The second-order valence-electron chi connectivity index (χ2n) is 2.92. The molecule has 1 aromatic rings. The molecular weight excluding hydrogens is 176 g/mol. The minimum absolute atomic E-state index is 0.608. The van der Waals surface area contributed by atoms with Crippen LogP contribution < -0.4 is 22.3 Å². The van der Waals surface area contributed by atoms with Gasteiger partial charge in [0.15, 0.2) is 0 Å². The van der Waals surface area contributed by atoms with E-state index >= 15 is 0 Å². The highest BCUT2D eigenvalue weighted by Gasteiger charge is 2.03. The summed E-state index contributed by atoms with van der Waals surface area (Å²) in [6, 6.07) is 7.84. The van der Waals surface area contributed by atoms with E-state index in [0.29, 0.717) is 6.54 Å². The standard InChI is InChI=1S/C10H16N4/c11-6-5-9-3-1-2-4-10(9)14(13)8-7-12/h1-4,7-8H,5-6,11-13H2/b8-7-. The Morgan fingerprint density at radius 3 is 2.64 bits per heavy atom. The largest absolute Gasteiger partial charge is 0.403 e. The van der Waals surface area contributed by atoms with Gasteiger partial charge in [0, 0.05) is 12.4 Å². The zero-order chi connectivity index (χ0) is 10.4. The highest BCUT2D eigenvalue weighted by atomic mass is 15.4. The van der Waals surface area contributed by atoms with Crippen LogP contribution in [0.4, 0.5) is 5.69 Å². The molecule has 14 heavy (non-hydrogen) atoms. The van der Waals surface area contributed by atoms with Gasteiger partial charge in [0.25, 0.3) is 0 Å². The summed E-state index contributed by atoms with van der Waals surface area (Å²) in [5.74, 6) is 5.76. The molecule has 4 heteroatoms. The van der Waals surface area contributed by atoms with Gasteiger partial charge in [0.2, 0.25) is 0 Å². The summed E-state index contributed by atoms with van der Waals surface area (Å²) >= 11 is 0. The molecule has 6 N–H and O–H groups in total. The zero-order valence-corrected chi connectivity index (χ0v) is 8.06. The molecule has 0 amide bonds. The van der Waals surface area contributed by atoms with E-state index in [1.165, 1.54) is 11.2 Å². The molecule has 0 saturated heterocycles. The summed E-state index contributed by atoms with van der Waals surface area (Å²) in [6.07, 6.45) is 3.82. The number of rotatable bonds is 4. The highest BCUT2D eigenvalue weighted by molar-refractivity contribution is 5.54. The Kier molecular flexibility index (Phi) is 3.97. The molecule has 0 aliphatic heterocycles. The second-order valence-corrected chi connectivity index (χ2v) is 2.92. The maximum absolute atomic E-state index is 5.76. The fourth-order valence-electron chi connectivity index (χ4n) is 1.30. The molecule has 0 spiro atoms. The molecule has 4 nitrogen and oxygen atoms in total. The molecule has 0 fully saturated rings. The van der Waals surface area contributed by atoms with E-state index in [1.54, 1.807) is 6.20 Å². The molecule has 0 saturated carbocycles. The predicted octanol–water partition coefficient (Wildman–Crippen LogP) is 0.298. The first-order valence-electron chi connectivity index (χ1n) is 4.50. The minimum Gasteiger partial charge on any atom is -0.403 e. The van der Waals surface area contributed by atoms with Gasteiger partial charge in [-0.3, -0.25) is 5.01 Å². The van der Waals surface area contributed by atoms with Crippen LogP contribution >= 0.6 is 0 Å². The van der Waals surface area contributed by atoms with Crippen molar-refractivity contribution in [3.05, 3.63) is 42.2 Å². The highest BCUT2D eigenvalue weighted by Crippen LogP contribution is 2.18. The van der Waals surface area contributed by atoms with Gasteiger partial charge in [-0.2, -0.15) is 0 Å². The second kappa shape index (κ2) is 5.26. The van der Waals surface area contributed by atoms with E-state index < -0.39 is 0 Å². The summed E-state index contributed by atoms with van der Waals surface area (Å²) in [4.78, 5) is 0. The molecular formula is C10H16N4. The van der Waals surface area contributed by atoms with E-state index in [-0.39, 0.29) is 0 Å². The van der Waals surface area contributed by atoms with Crippen molar-refractivity contribution in [1.82, 2.24) is 0 Å². The minimum atomic E-state index is 0.608. The lowest BCUT2D eigenvalue weighted by Crippen LogP contribution is -2.26. The van der Waals surface area contributed by atoms with Crippen LogP contribution in [0.5, 0.6) is 0 Å². The Balaban J connectivity index is 2.93. The van der Waals surface area contributed by atoms with Crippen molar-refractivity contribution >= 4 is 5.69 Å². The zero-order valence-electron chi connectivity index (χ0n) is 8.06. The Bertz CT molecular complexity index is 309. The third kappa shape index (κ3) is 2.48. The van der Waals surface area contributed by atoms with Crippen LogP contribution in [-0.2, 0) is 6.42 Å². The van der Waals surface area contributed by atoms with Crippen molar-refractivity contribution in [2.75, 3.05) is 11.6 Å².